The first-order valence-corrected chi connectivity index (χ1v) is 42.1. The predicted octanol–water partition coefficient (Wildman–Crippen LogP) is 9.39. The number of amides is 5. The number of rotatable bonds is 11. The number of likely N-dealkylation sites (N-methyl/N-ethyl adjacent to an activating group) is 5. The van der Waals surface area contributed by atoms with E-state index in [1.807, 2.05) is 232 Å². The van der Waals surface area contributed by atoms with Crippen molar-refractivity contribution in [3.63, 3.8) is 0 Å². The van der Waals surface area contributed by atoms with Crippen molar-refractivity contribution >= 4 is 65.1 Å². The van der Waals surface area contributed by atoms with Crippen LogP contribution < -0.4 is 40.6 Å². The number of ketones is 4. The zero-order valence-corrected chi connectivity index (χ0v) is 75.0. The van der Waals surface area contributed by atoms with Crippen molar-refractivity contribution in [2.24, 2.45) is 65.1 Å². The van der Waals surface area contributed by atoms with E-state index in [1.54, 1.807) is 25.5 Å². The van der Waals surface area contributed by atoms with Crippen molar-refractivity contribution in [3.05, 3.63) is 220 Å². The van der Waals surface area contributed by atoms with Gasteiger partial charge in [0.1, 0.15) is 29.9 Å². The van der Waals surface area contributed by atoms with Crippen LogP contribution in [0.15, 0.2) is 186 Å². The van der Waals surface area contributed by atoms with Gasteiger partial charge < -0.3 is 44.1 Å². The maximum Gasteiger partial charge on any atom is 1.00 e. The number of allylic oxidation sites excluding steroid dienone is 2. The number of methoxy groups -OCH3 is 1. The quantitative estimate of drug-likeness (QED) is 0.0900. The van der Waals surface area contributed by atoms with E-state index in [4.69, 9.17) is 19.6 Å². The topological polar surface area (TPSA) is 346 Å². The Morgan fingerprint density at radius 2 is 0.754 bits per heavy atom. The average molecular weight is 1690 g/mol. The van der Waals surface area contributed by atoms with E-state index in [1.165, 1.54) is 0 Å². The van der Waals surface area contributed by atoms with Crippen LogP contribution in [0.2, 0.25) is 0 Å². The fourth-order valence-corrected chi connectivity index (χ4v) is 22.0. The third-order valence-corrected chi connectivity index (χ3v) is 28.1. The number of aromatic nitrogens is 1. The van der Waals surface area contributed by atoms with Crippen LogP contribution in [0.1, 0.15) is 167 Å². The number of nitriles is 3. The van der Waals surface area contributed by atoms with Gasteiger partial charge in [-0.1, -0.05) is 199 Å². The number of Topliss-reactive ketones (excluding diaryl/α,β-unsaturated/α-hetero) is 4. The molecular formula is C97H120ClN10NaO13. The second-order valence-electron chi connectivity index (χ2n) is 32.9. The van der Waals surface area contributed by atoms with Crippen molar-refractivity contribution in [3.8, 4) is 18.2 Å². The molecule has 0 radical (unpaired) electrons. The summed E-state index contributed by atoms with van der Waals surface area (Å²) in [6.07, 6.45) is 10.3. The molecule has 25 heteroatoms. The Bertz CT molecular complexity index is 4720. The summed E-state index contributed by atoms with van der Waals surface area (Å²) in [5, 5.41) is 46.9. The fourth-order valence-electron chi connectivity index (χ4n) is 22.0. The molecule has 1 aromatic heterocycles. The molecule has 5 amide bonds. The van der Waals surface area contributed by atoms with E-state index in [-0.39, 0.29) is 172 Å². The molecule has 6 heterocycles. The summed E-state index contributed by atoms with van der Waals surface area (Å²) in [6.45, 7) is 26.8. The van der Waals surface area contributed by atoms with Gasteiger partial charge in [0.25, 0.3) is 0 Å². The molecule has 3 N–H and O–H groups in total. The van der Waals surface area contributed by atoms with Gasteiger partial charge in [-0.3, -0.25) is 43.2 Å². The molecule has 16 rings (SSSR count). The first-order valence-electron chi connectivity index (χ1n) is 42.1. The summed E-state index contributed by atoms with van der Waals surface area (Å²) in [5.74, 6) is 3.45. The van der Waals surface area contributed by atoms with E-state index in [0.29, 0.717) is 65.1 Å². The number of carbonyl (C=O) groups excluding carboxylic acids is 9. The minimum Gasteiger partial charge on any atom is -0.857 e. The maximum atomic E-state index is 13.5. The zero-order chi connectivity index (χ0) is 86.5. The molecule has 2 unspecified atom stereocenters. The van der Waals surface area contributed by atoms with Gasteiger partial charge in [0.15, 0.2) is 23.1 Å². The third-order valence-electron chi connectivity index (χ3n) is 28.1. The Morgan fingerprint density at radius 3 is 1.09 bits per heavy atom. The number of carbonyl (C=O) groups is 9. The van der Waals surface area contributed by atoms with E-state index in [0.717, 1.165) is 98.0 Å². The van der Waals surface area contributed by atoms with Crippen molar-refractivity contribution in [2.45, 2.75) is 167 Å². The molecule has 0 spiro atoms. The molecule has 644 valence electrons. The first kappa shape index (κ1) is 99.5. The van der Waals surface area contributed by atoms with Gasteiger partial charge in [-0.25, -0.2) is 5.90 Å². The van der Waals surface area contributed by atoms with Crippen LogP contribution in [0.25, 0.3) is 0 Å². The fraction of sp³-hybridized carbons (Fsp3) is 0.495. The number of hydrogen-bond acceptors (Lipinski definition) is 18. The summed E-state index contributed by atoms with van der Waals surface area (Å²) < 4.78 is 11.0. The normalized spacial score (nSPS) is 30.1. The van der Waals surface area contributed by atoms with Crippen LogP contribution >= 0.6 is 12.4 Å². The van der Waals surface area contributed by atoms with Gasteiger partial charge in [0.2, 0.25) is 29.5 Å². The van der Waals surface area contributed by atoms with Crippen LogP contribution in [-0.2, 0) is 81.4 Å². The van der Waals surface area contributed by atoms with Crippen molar-refractivity contribution in [1.82, 2.24) is 29.7 Å². The van der Waals surface area contributed by atoms with Gasteiger partial charge >= 0.3 is 29.6 Å². The average Bonchev–Trinajstić information content (AvgIpc) is 1.11. The zero-order valence-electron chi connectivity index (χ0n) is 72.2. The van der Waals surface area contributed by atoms with E-state index in [9.17, 15) is 58.9 Å². The summed E-state index contributed by atoms with van der Waals surface area (Å²) in [7, 11) is 2.32. The monoisotopic (exact) mass is 1690 g/mol. The van der Waals surface area contributed by atoms with Crippen LogP contribution in [0.3, 0.4) is 0 Å². The maximum absolute atomic E-state index is 13.5. The van der Waals surface area contributed by atoms with Gasteiger partial charge in [-0.15, -0.1) is 12.4 Å². The number of piperidine rings is 5. The van der Waals surface area contributed by atoms with E-state index >= 15 is 0 Å². The van der Waals surface area contributed by atoms with Gasteiger partial charge in [0, 0.05) is 108 Å². The number of likely N-dealkylation sites (tertiary alicyclic amines) is 5. The molecule has 17 atom stereocenters. The van der Waals surface area contributed by atoms with Crippen LogP contribution in [0, 0.1) is 93.2 Å². The molecule has 5 saturated heterocycles. The molecule has 6 aromatic rings. The molecule has 10 aliphatic rings. The summed E-state index contributed by atoms with van der Waals surface area (Å²) in [6, 6.07) is 55.3. The number of hydrogen-bond donors (Lipinski definition) is 2. The molecule has 5 aromatic carbocycles. The summed E-state index contributed by atoms with van der Waals surface area (Å²) in [4.78, 5) is 126. The smallest absolute Gasteiger partial charge is 0.857 e. The Hall–Kier alpha value is -9.58. The molecule has 2 saturated carbocycles. The minimum atomic E-state index is -0.895. The Morgan fingerprint density at radius 1 is 0.451 bits per heavy atom. The minimum absolute atomic E-state index is 0. The molecule has 122 heavy (non-hydrogen) atoms. The van der Waals surface area contributed by atoms with Crippen LogP contribution in [0.5, 0.6) is 0 Å². The van der Waals surface area contributed by atoms with Gasteiger partial charge in [-0.05, 0) is 156 Å². The van der Waals surface area contributed by atoms with E-state index in [2.05, 4.69) is 43.1 Å². The first-order chi connectivity index (χ1) is 57.4. The number of halogens is 1. The van der Waals surface area contributed by atoms with Crippen LogP contribution in [-0.4, -0.2) is 173 Å². The third kappa shape index (κ3) is 17.6. The SMILES string of the molecule is C.CCN1CC[C@@H]2[C@@H](C)C(=O)C(C#N)=C[C@@]2(c2ccccc2)C1=O.CCN1CC[C@H]2[C@H](C)C(=O)C(C#N)=C[C@]2(c2ccccc2)C1=O.CCN1CC[C@H]2[C@H](C)C(=O)C(C#N)C[C@]2(c2ccccc2)C1=O.CCN1CC[C@H]2[C@H](C)C(=O)C(OC)C[C@]2(c2ccccc2)C1=O.CCN1CC[C@H]2[C@H](C)c3oncc3C[C@]2(c2ccccc2)C1=O.C[O-].Cl.NO.[Na+]. The molecule has 23 nitrogen and oxygen atoms in total. The van der Waals surface area contributed by atoms with Gasteiger partial charge in [0.05, 0.1) is 50.5 Å². The molecule has 5 aliphatic carbocycles. The Kier molecular flexibility index (Phi) is 35.2. The summed E-state index contributed by atoms with van der Waals surface area (Å²) >= 11 is 0. The summed E-state index contributed by atoms with van der Waals surface area (Å²) in [5.41, 5.74) is 2.54. The number of nitrogens with two attached hydrogens (primary N) is 1. The standard InChI is InChI=1S/2C19H22N2O2.2C19H20N2O2.C19H25NO3.CH3O.CH4.ClH.H3NO.Na/c1-3-21-10-9-16-13(2)17-14(12-20-23-17)11-19(16,18(21)22)15-7-5-4-6-8-15;3*1-3-21-10-9-16-13(2)17(22)14(12-20)11-19(16,18(21)23)15-7-5-4-6-8-15;1-4-20-11-10-15-13(2)17(21)16(23-3)12-19(15,18(20)22)14-8-6-5-7-9-14;1-2;;;1-2;/h4-8,12-13,16H,3,9-11H2,1-2H3;4-8,13-14,16H,3,9-11H2,1-2H3;2*4-8,11,13,16H,3,9-10H2,1-2H3;5-9,13,15-16H,4,10-12H2,1-3H3;1H3;1H4;1H;2H,1H2;/q;;;;;-1;;;;+1/t13-,16-,19+;13-,14?,16-,19+;2*13-,16-,19+;13-,15-,16?,19+;;;;;/m00100...../s1. The molecule has 7 fully saturated rings. The van der Waals surface area contributed by atoms with Crippen LogP contribution in [0.4, 0.5) is 0 Å². The van der Waals surface area contributed by atoms with E-state index < -0.39 is 39.1 Å². The Labute approximate surface area is 748 Å². The number of ether oxygens (including phenoxy) is 1. The Balaban J connectivity index is 0.000000206. The molecule has 5 aliphatic heterocycles. The largest absolute Gasteiger partial charge is 1.00 e. The number of nitrogens with zero attached hydrogens (tertiary/aromatic N) is 9. The number of fused-ring (bicyclic) bond motifs is 6. The molecule has 0 bridgehead atoms. The second-order valence-corrected chi connectivity index (χ2v) is 32.9. The van der Waals surface area contributed by atoms with Crippen molar-refractivity contribution in [1.29, 1.82) is 15.8 Å². The predicted molar refractivity (Wildman–Crippen MR) is 460 cm³/mol. The number of benzene rings is 5. The molecular weight excluding hydrogens is 1570 g/mol. The van der Waals surface area contributed by atoms with Gasteiger partial charge in [-0.2, -0.15) is 22.9 Å². The van der Waals surface area contributed by atoms with Crippen molar-refractivity contribution in [2.75, 3.05) is 79.7 Å². The van der Waals surface area contributed by atoms with Crippen molar-refractivity contribution < 1.29 is 92.3 Å². The second kappa shape index (κ2) is 43.2.